The molecule has 8 nitrogen and oxygen atoms in total. The molecule has 4 N–H and O–H groups in total. The number of nitrogens with one attached hydrogen (secondary N) is 2. The van der Waals surface area contributed by atoms with E-state index in [9.17, 15) is 19.2 Å². The van der Waals surface area contributed by atoms with Gasteiger partial charge in [0.25, 0.3) is 0 Å². The number of hydrogen-bond donors (Lipinski definition) is 3. The van der Waals surface area contributed by atoms with Crippen molar-refractivity contribution in [2.24, 2.45) is 11.7 Å². The predicted octanol–water partition coefficient (Wildman–Crippen LogP) is 1.86. The lowest BCUT2D eigenvalue weighted by Gasteiger charge is -2.11. The van der Waals surface area contributed by atoms with Crippen molar-refractivity contribution in [3.05, 3.63) is 0 Å². The number of hydrogen-bond acceptors (Lipinski definition) is 4. The van der Waals surface area contributed by atoms with E-state index in [1.54, 1.807) is 11.9 Å². The Labute approximate surface area is 180 Å². The minimum absolute atomic E-state index is 0.0226. The van der Waals surface area contributed by atoms with Crippen LogP contribution >= 0.6 is 0 Å². The molecule has 0 aliphatic carbocycles. The topological polar surface area (TPSA) is 122 Å². The first-order valence-corrected chi connectivity index (χ1v) is 11.5. The first-order chi connectivity index (χ1) is 14.4. The minimum Gasteiger partial charge on any atom is -0.370 e. The summed E-state index contributed by atoms with van der Waals surface area (Å²) in [7, 11) is 1.73. The van der Waals surface area contributed by atoms with E-state index in [2.05, 4.69) is 10.6 Å². The number of unbranched alkanes of at least 4 members (excludes halogenated alkanes) is 8. The molecule has 1 heterocycles. The van der Waals surface area contributed by atoms with E-state index in [0.717, 1.165) is 64.2 Å². The Morgan fingerprint density at radius 2 is 1.40 bits per heavy atom. The lowest BCUT2D eigenvalue weighted by Crippen LogP contribution is -2.32. The zero-order valence-corrected chi connectivity index (χ0v) is 18.5. The molecular formula is C22H40N4O4. The predicted molar refractivity (Wildman–Crippen MR) is 116 cm³/mol. The maximum atomic E-state index is 12.0. The minimum atomic E-state index is -0.232. The molecule has 4 amide bonds. The third-order valence-electron chi connectivity index (χ3n) is 5.51. The van der Waals surface area contributed by atoms with E-state index in [1.165, 1.54) is 0 Å². The number of rotatable bonds is 17. The van der Waals surface area contributed by atoms with Crippen LogP contribution in [0.1, 0.15) is 83.5 Å². The summed E-state index contributed by atoms with van der Waals surface area (Å²) in [4.78, 5) is 47.5. The molecular weight excluding hydrogens is 384 g/mol. The number of carbonyl (C=O) groups is 4. The fourth-order valence-electron chi connectivity index (χ4n) is 3.61. The van der Waals surface area contributed by atoms with Crippen LogP contribution in [-0.4, -0.2) is 55.2 Å². The van der Waals surface area contributed by atoms with Crippen LogP contribution in [0.15, 0.2) is 0 Å². The Hall–Kier alpha value is -2.12. The SMILES string of the molecule is CN1CC(C(=O)NCCCCCCNC(=O)CCCCCCCCC(N)=O)CC1=O. The average Bonchev–Trinajstić information content (AvgIpc) is 3.04. The first-order valence-electron chi connectivity index (χ1n) is 11.5. The summed E-state index contributed by atoms with van der Waals surface area (Å²) in [6.45, 7) is 1.86. The lowest BCUT2D eigenvalue weighted by atomic mass is 10.1. The molecule has 30 heavy (non-hydrogen) atoms. The van der Waals surface area contributed by atoms with Crippen LogP contribution < -0.4 is 16.4 Å². The van der Waals surface area contributed by atoms with E-state index in [4.69, 9.17) is 5.73 Å². The summed E-state index contributed by atoms with van der Waals surface area (Å²) in [5.41, 5.74) is 5.10. The van der Waals surface area contributed by atoms with Gasteiger partial charge in [0.2, 0.25) is 23.6 Å². The van der Waals surface area contributed by atoms with E-state index < -0.39 is 0 Å². The zero-order valence-electron chi connectivity index (χ0n) is 18.5. The van der Waals surface area contributed by atoms with E-state index >= 15 is 0 Å². The van der Waals surface area contributed by atoms with Crippen LogP contribution in [0.3, 0.4) is 0 Å². The fraction of sp³-hybridized carbons (Fsp3) is 0.818. The van der Waals surface area contributed by atoms with Crippen molar-refractivity contribution in [3.8, 4) is 0 Å². The Kier molecular flexibility index (Phi) is 13.5. The van der Waals surface area contributed by atoms with Crippen LogP contribution in [0.4, 0.5) is 0 Å². The molecule has 1 rings (SSSR count). The molecule has 1 fully saturated rings. The molecule has 1 atom stereocenters. The van der Waals surface area contributed by atoms with Gasteiger partial charge >= 0.3 is 0 Å². The van der Waals surface area contributed by atoms with Gasteiger partial charge in [0.1, 0.15) is 0 Å². The van der Waals surface area contributed by atoms with Crippen LogP contribution in [-0.2, 0) is 19.2 Å². The summed E-state index contributed by atoms with van der Waals surface area (Å²) in [6, 6.07) is 0. The molecule has 1 aliphatic heterocycles. The van der Waals surface area contributed by atoms with Gasteiger partial charge in [-0.3, -0.25) is 19.2 Å². The molecule has 0 radical (unpaired) electrons. The molecule has 1 saturated heterocycles. The fourth-order valence-corrected chi connectivity index (χ4v) is 3.61. The second-order valence-corrected chi connectivity index (χ2v) is 8.32. The molecule has 0 aromatic carbocycles. The molecule has 0 aromatic heterocycles. The molecule has 172 valence electrons. The lowest BCUT2D eigenvalue weighted by molar-refractivity contribution is -0.128. The van der Waals surface area contributed by atoms with Crippen molar-refractivity contribution in [1.29, 1.82) is 0 Å². The molecule has 0 aromatic rings. The van der Waals surface area contributed by atoms with Gasteiger partial charge in [-0.2, -0.15) is 0 Å². The van der Waals surface area contributed by atoms with Crippen LogP contribution in [0.25, 0.3) is 0 Å². The van der Waals surface area contributed by atoms with E-state index in [0.29, 0.717) is 38.9 Å². The van der Waals surface area contributed by atoms with Gasteiger partial charge in [0.05, 0.1) is 5.92 Å². The molecule has 0 spiro atoms. The average molecular weight is 425 g/mol. The van der Waals surface area contributed by atoms with Crippen molar-refractivity contribution < 1.29 is 19.2 Å². The molecule has 1 aliphatic rings. The van der Waals surface area contributed by atoms with Crippen LogP contribution in [0.5, 0.6) is 0 Å². The Bertz CT molecular complexity index is 553. The largest absolute Gasteiger partial charge is 0.370 e. The highest BCUT2D eigenvalue weighted by Crippen LogP contribution is 2.15. The number of nitrogens with two attached hydrogens (primary N) is 1. The van der Waals surface area contributed by atoms with Crippen molar-refractivity contribution in [1.82, 2.24) is 15.5 Å². The van der Waals surface area contributed by atoms with Gasteiger partial charge < -0.3 is 21.3 Å². The van der Waals surface area contributed by atoms with Crippen molar-refractivity contribution in [2.75, 3.05) is 26.7 Å². The van der Waals surface area contributed by atoms with Crippen molar-refractivity contribution in [3.63, 3.8) is 0 Å². The monoisotopic (exact) mass is 424 g/mol. The highest BCUT2D eigenvalue weighted by atomic mass is 16.2. The normalized spacial score (nSPS) is 16.0. The molecule has 8 heteroatoms. The summed E-state index contributed by atoms with van der Waals surface area (Å²) in [5.74, 6) is -0.309. The number of primary amides is 1. The van der Waals surface area contributed by atoms with Crippen molar-refractivity contribution >= 4 is 23.6 Å². The number of nitrogens with zero attached hydrogens (tertiary/aromatic N) is 1. The zero-order chi connectivity index (χ0) is 22.2. The summed E-state index contributed by atoms with van der Waals surface area (Å²) < 4.78 is 0. The van der Waals surface area contributed by atoms with Gasteiger partial charge in [-0.25, -0.2) is 0 Å². The molecule has 0 bridgehead atoms. The highest BCUT2D eigenvalue weighted by molar-refractivity contribution is 5.89. The van der Waals surface area contributed by atoms with Gasteiger partial charge in [0, 0.05) is 45.9 Å². The summed E-state index contributed by atoms with van der Waals surface area (Å²) >= 11 is 0. The molecule has 1 unspecified atom stereocenters. The first kappa shape index (κ1) is 25.9. The standard InChI is InChI=1S/C22H40N4O4/c1-26-17-18(16-21(26)29)22(30)25-15-11-7-6-10-14-24-20(28)13-9-5-3-2-4-8-12-19(23)27/h18H,2-17H2,1H3,(H2,23,27)(H,24,28)(H,25,30). The van der Waals surface area contributed by atoms with Crippen LogP contribution in [0.2, 0.25) is 0 Å². The smallest absolute Gasteiger partial charge is 0.225 e. The Morgan fingerprint density at radius 3 is 1.97 bits per heavy atom. The quantitative estimate of drug-likeness (QED) is 0.309. The number of amides is 4. The Balaban J connectivity index is 1.84. The number of likely N-dealkylation sites (tertiary alicyclic amines) is 1. The third-order valence-corrected chi connectivity index (χ3v) is 5.51. The third kappa shape index (κ3) is 12.4. The summed E-state index contributed by atoms with van der Waals surface area (Å²) in [6.07, 6.45) is 11.3. The van der Waals surface area contributed by atoms with Gasteiger partial charge in [0.15, 0.2) is 0 Å². The van der Waals surface area contributed by atoms with E-state index in [1.807, 2.05) is 0 Å². The summed E-state index contributed by atoms with van der Waals surface area (Å²) in [5, 5.41) is 5.88. The van der Waals surface area contributed by atoms with Gasteiger partial charge in [-0.15, -0.1) is 0 Å². The Morgan fingerprint density at radius 1 is 0.867 bits per heavy atom. The highest BCUT2D eigenvalue weighted by Gasteiger charge is 2.31. The van der Waals surface area contributed by atoms with Crippen LogP contribution in [0, 0.1) is 5.92 Å². The van der Waals surface area contributed by atoms with Crippen molar-refractivity contribution in [2.45, 2.75) is 83.5 Å². The molecule has 0 saturated carbocycles. The number of carbonyl (C=O) groups excluding carboxylic acids is 4. The van der Waals surface area contributed by atoms with E-state index in [-0.39, 0.29) is 29.5 Å². The van der Waals surface area contributed by atoms with Gasteiger partial charge in [-0.05, 0) is 25.7 Å². The maximum absolute atomic E-state index is 12.0. The second-order valence-electron chi connectivity index (χ2n) is 8.32. The second kappa shape index (κ2) is 15.7. The maximum Gasteiger partial charge on any atom is 0.225 e. The van der Waals surface area contributed by atoms with Gasteiger partial charge in [-0.1, -0.05) is 38.5 Å².